The van der Waals surface area contributed by atoms with Gasteiger partial charge in [-0.25, -0.2) is 4.98 Å². The van der Waals surface area contributed by atoms with E-state index in [1.165, 1.54) is 59.4 Å². The highest BCUT2D eigenvalue weighted by Crippen LogP contribution is 2.38. The molecule has 5 nitrogen and oxygen atoms in total. The summed E-state index contributed by atoms with van der Waals surface area (Å²) in [5, 5.41) is 9.38. The Hall–Kier alpha value is -1.92. The van der Waals surface area contributed by atoms with E-state index in [0.29, 0.717) is 10.9 Å². The van der Waals surface area contributed by atoms with Gasteiger partial charge in [0.05, 0.1) is 6.04 Å². The summed E-state index contributed by atoms with van der Waals surface area (Å²) >= 11 is 7.43. The van der Waals surface area contributed by atoms with Crippen LogP contribution in [0.5, 0.6) is 0 Å². The van der Waals surface area contributed by atoms with Crippen LogP contribution in [0.15, 0.2) is 41.3 Å². The van der Waals surface area contributed by atoms with E-state index < -0.39 is 0 Å². The molecule has 24 heavy (non-hydrogen) atoms. The van der Waals surface area contributed by atoms with Gasteiger partial charge in [-0.15, -0.1) is 5.10 Å². The summed E-state index contributed by atoms with van der Waals surface area (Å²) in [6.07, 6.45) is 6.44. The van der Waals surface area contributed by atoms with Crippen molar-refractivity contribution >= 4 is 33.0 Å². The van der Waals surface area contributed by atoms with Crippen LogP contribution in [0, 0.1) is 5.92 Å². The predicted molar refractivity (Wildman–Crippen MR) is 96.9 cm³/mol. The van der Waals surface area contributed by atoms with Gasteiger partial charge in [0.1, 0.15) is 0 Å². The standard InChI is InChI=1S/C17H17ClN4OS/c18-13-7-5-12(6-8-13)15(11-3-1-2-4-11)20-16-21-22-14(23)9-10-19-17(22)24-16/h5-11,15H,1-4H2,(H,20,21). The van der Waals surface area contributed by atoms with E-state index in [9.17, 15) is 4.79 Å². The van der Waals surface area contributed by atoms with Gasteiger partial charge in [0, 0.05) is 17.3 Å². The first-order valence-electron chi connectivity index (χ1n) is 8.07. The molecule has 0 spiro atoms. The van der Waals surface area contributed by atoms with Crippen LogP contribution in [0.4, 0.5) is 5.13 Å². The number of halogens is 1. The Balaban J connectivity index is 1.68. The molecule has 7 heteroatoms. The van der Waals surface area contributed by atoms with Crippen LogP contribution >= 0.6 is 22.9 Å². The molecule has 0 saturated heterocycles. The fourth-order valence-corrected chi connectivity index (χ4v) is 4.31. The van der Waals surface area contributed by atoms with Gasteiger partial charge in [-0.1, -0.05) is 47.9 Å². The van der Waals surface area contributed by atoms with Gasteiger partial charge >= 0.3 is 0 Å². The first-order valence-corrected chi connectivity index (χ1v) is 9.27. The first-order chi connectivity index (χ1) is 11.7. The molecule has 1 saturated carbocycles. The maximum atomic E-state index is 11.9. The zero-order valence-corrected chi connectivity index (χ0v) is 14.6. The second-order valence-corrected chi connectivity index (χ2v) is 7.50. The summed E-state index contributed by atoms with van der Waals surface area (Å²) in [6.45, 7) is 0. The van der Waals surface area contributed by atoms with Crippen molar-refractivity contribution in [3.8, 4) is 0 Å². The molecule has 124 valence electrons. The van der Waals surface area contributed by atoms with Crippen LogP contribution in [-0.4, -0.2) is 14.6 Å². The second-order valence-electron chi connectivity index (χ2n) is 6.10. The molecule has 2 aromatic heterocycles. The Morgan fingerprint density at radius 3 is 2.67 bits per heavy atom. The lowest BCUT2D eigenvalue weighted by Gasteiger charge is -2.24. The van der Waals surface area contributed by atoms with Crippen LogP contribution in [0.2, 0.25) is 5.02 Å². The van der Waals surface area contributed by atoms with Gasteiger partial charge in [0.2, 0.25) is 10.1 Å². The maximum absolute atomic E-state index is 11.9. The average Bonchev–Trinajstić information content (AvgIpc) is 3.23. The molecule has 4 rings (SSSR count). The minimum absolute atomic E-state index is 0.159. The van der Waals surface area contributed by atoms with Gasteiger partial charge in [-0.3, -0.25) is 4.79 Å². The molecule has 3 aromatic rings. The lowest BCUT2D eigenvalue weighted by molar-refractivity contribution is 0.469. The molecule has 0 amide bonds. The van der Waals surface area contributed by atoms with E-state index in [2.05, 4.69) is 27.5 Å². The summed E-state index contributed by atoms with van der Waals surface area (Å²) in [6, 6.07) is 9.56. The lowest BCUT2D eigenvalue weighted by Crippen LogP contribution is -2.19. The summed E-state index contributed by atoms with van der Waals surface area (Å²) < 4.78 is 1.35. The highest BCUT2D eigenvalue weighted by Gasteiger charge is 2.27. The molecule has 1 fully saturated rings. The van der Waals surface area contributed by atoms with Crippen LogP contribution in [0.1, 0.15) is 37.3 Å². The van der Waals surface area contributed by atoms with E-state index in [-0.39, 0.29) is 11.6 Å². The Labute approximate surface area is 148 Å². The fourth-order valence-electron chi connectivity index (χ4n) is 3.37. The number of hydrogen-bond donors (Lipinski definition) is 1. The van der Waals surface area contributed by atoms with E-state index in [4.69, 9.17) is 11.6 Å². The zero-order valence-electron chi connectivity index (χ0n) is 13.0. The van der Waals surface area contributed by atoms with Crippen molar-refractivity contribution in [1.29, 1.82) is 0 Å². The normalized spacial score (nSPS) is 16.5. The van der Waals surface area contributed by atoms with E-state index in [0.717, 1.165) is 10.2 Å². The van der Waals surface area contributed by atoms with Crippen molar-refractivity contribution in [2.45, 2.75) is 31.7 Å². The van der Waals surface area contributed by atoms with Crippen LogP contribution in [0.3, 0.4) is 0 Å². The Morgan fingerprint density at radius 2 is 1.96 bits per heavy atom. The summed E-state index contributed by atoms with van der Waals surface area (Å²) in [7, 11) is 0. The minimum atomic E-state index is -0.159. The van der Waals surface area contributed by atoms with Gasteiger partial charge in [0.15, 0.2) is 0 Å². The molecule has 1 aromatic carbocycles. The molecule has 1 aliphatic carbocycles. The van der Waals surface area contributed by atoms with Crippen molar-refractivity contribution < 1.29 is 0 Å². The maximum Gasteiger partial charge on any atom is 0.275 e. The van der Waals surface area contributed by atoms with Crippen LogP contribution in [0.25, 0.3) is 4.96 Å². The minimum Gasteiger partial charge on any atom is -0.353 e. The molecule has 0 radical (unpaired) electrons. The van der Waals surface area contributed by atoms with Gasteiger partial charge in [-0.05, 0) is 36.5 Å². The molecule has 0 aliphatic heterocycles. The topological polar surface area (TPSA) is 59.3 Å². The molecular formula is C17H17ClN4OS. The highest BCUT2D eigenvalue weighted by atomic mass is 35.5. The third-order valence-electron chi connectivity index (χ3n) is 4.55. The number of nitrogens with zero attached hydrogens (tertiary/aromatic N) is 3. The van der Waals surface area contributed by atoms with Gasteiger partial charge in [0.25, 0.3) is 5.56 Å². The van der Waals surface area contributed by atoms with E-state index >= 15 is 0 Å². The van der Waals surface area contributed by atoms with Crippen LogP contribution in [-0.2, 0) is 0 Å². The van der Waals surface area contributed by atoms with Crippen molar-refractivity contribution in [2.24, 2.45) is 5.92 Å². The molecule has 2 heterocycles. The predicted octanol–water partition coefficient (Wildman–Crippen LogP) is 4.15. The van der Waals surface area contributed by atoms with Crippen molar-refractivity contribution in [2.75, 3.05) is 5.32 Å². The number of anilines is 1. The van der Waals surface area contributed by atoms with Crippen molar-refractivity contribution in [3.63, 3.8) is 0 Å². The fraction of sp³-hybridized carbons (Fsp3) is 0.353. The first kappa shape index (κ1) is 15.6. The summed E-state index contributed by atoms with van der Waals surface area (Å²) in [5.74, 6) is 0.558. The second kappa shape index (κ2) is 6.53. The third kappa shape index (κ3) is 3.03. The van der Waals surface area contributed by atoms with Crippen molar-refractivity contribution in [3.05, 3.63) is 57.5 Å². The summed E-state index contributed by atoms with van der Waals surface area (Å²) in [4.78, 5) is 16.7. The Bertz CT molecular complexity index is 899. The van der Waals surface area contributed by atoms with Gasteiger partial charge < -0.3 is 5.32 Å². The Kier molecular flexibility index (Phi) is 4.24. The molecule has 1 atom stereocenters. The molecule has 0 bridgehead atoms. The number of nitrogens with one attached hydrogen (secondary N) is 1. The number of aromatic nitrogens is 3. The van der Waals surface area contributed by atoms with Gasteiger partial charge in [-0.2, -0.15) is 4.52 Å². The summed E-state index contributed by atoms with van der Waals surface area (Å²) in [5.41, 5.74) is 1.04. The SMILES string of the molecule is O=c1ccnc2sc(NC(c3ccc(Cl)cc3)C3CCCC3)nn12. The average molecular weight is 361 g/mol. The van der Waals surface area contributed by atoms with Crippen molar-refractivity contribution in [1.82, 2.24) is 14.6 Å². The Morgan fingerprint density at radius 1 is 1.21 bits per heavy atom. The number of fused-ring (bicyclic) bond motifs is 1. The molecule has 1 unspecified atom stereocenters. The lowest BCUT2D eigenvalue weighted by atomic mass is 9.92. The number of rotatable bonds is 4. The van der Waals surface area contributed by atoms with E-state index in [1.54, 1.807) is 0 Å². The largest absolute Gasteiger partial charge is 0.353 e. The zero-order chi connectivity index (χ0) is 16.5. The van der Waals surface area contributed by atoms with Crippen LogP contribution < -0.4 is 10.9 Å². The monoisotopic (exact) mass is 360 g/mol. The highest BCUT2D eigenvalue weighted by molar-refractivity contribution is 7.20. The molecular weight excluding hydrogens is 344 g/mol. The smallest absolute Gasteiger partial charge is 0.275 e. The quantitative estimate of drug-likeness (QED) is 0.759. The third-order valence-corrected chi connectivity index (χ3v) is 5.66. The number of benzene rings is 1. The molecule has 1 N–H and O–H groups in total. The van der Waals surface area contributed by atoms with E-state index in [1.807, 2.05) is 12.1 Å². The number of hydrogen-bond acceptors (Lipinski definition) is 5. The molecule has 1 aliphatic rings.